The molecule has 116 valence electrons. The molecule has 0 bridgehead atoms. The number of pyridine rings is 1. The van der Waals surface area contributed by atoms with Gasteiger partial charge in [-0.15, -0.1) is 0 Å². The van der Waals surface area contributed by atoms with Crippen molar-refractivity contribution < 1.29 is 9.59 Å². The average Bonchev–Trinajstić information content (AvgIpc) is 2.88. The first-order chi connectivity index (χ1) is 11.1. The second-order valence-corrected chi connectivity index (χ2v) is 5.24. The van der Waals surface area contributed by atoms with Crippen LogP contribution >= 0.6 is 0 Å². The Bertz CT molecular complexity index is 882. The number of aryl methyl sites for hydroxylation is 1. The highest BCUT2D eigenvalue weighted by Crippen LogP contribution is 2.31. The number of Topliss-reactive ketones (excluding diaryl/α,β-unsaturated/α-hetero) is 1. The zero-order chi connectivity index (χ0) is 16.4. The van der Waals surface area contributed by atoms with Crippen LogP contribution in [0.25, 0.3) is 10.9 Å². The van der Waals surface area contributed by atoms with Crippen molar-refractivity contribution in [1.29, 1.82) is 0 Å². The number of amides is 1. The van der Waals surface area contributed by atoms with Gasteiger partial charge in [-0.3, -0.25) is 14.6 Å². The minimum Gasteiger partial charge on any atom is -0.327 e. The maximum Gasteiger partial charge on any atom is 0.258 e. The van der Waals surface area contributed by atoms with Crippen molar-refractivity contribution in [2.75, 3.05) is 5.32 Å². The number of nitrogens with zero attached hydrogens (tertiary/aromatic N) is 2. The van der Waals surface area contributed by atoms with Gasteiger partial charge in [0.15, 0.2) is 5.78 Å². The number of benzene rings is 1. The van der Waals surface area contributed by atoms with E-state index < -0.39 is 0 Å². The Hall–Kier alpha value is -2.95. The summed E-state index contributed by atoms with van der Waals surface area (Å²) in [5, 5.41) is 3.73. The predicted molar refractivity (Wildman–Crippen MR) is 89.8 cm³/mol. The van der Waals surface area contributed by atoms with Crippen LogP contribution in [0.2, 0.25) is 0 Å². The molecule has 5 heteroatoms. The van der Waals surface area contributed by atoms with Crippen LogP contribution in [0.15, 0.2) is 48.8 Å². The molecule has 2 heterocycles. The average molecular weight is 307 g/mol. The van der Waals surface area contributed by atoms with E-state index in [0.717, 1.165) is 10.9 Å². The summed E-state index contributed by atoms with van der Waals surface area (Å²) in [7, 11) is 0. The lowest BCUT2D eigenvalue weighted by Gasteiger charge is -2.11. The first kappa shape index (κ1) is 15.0. The van der Waals surface area contributed by atoms with Crippen LogP contribution in [0.3, 0.4) is 0 Å². The highest BCUT2D eigenvalue weighted by atomic mass is 16.2. The molecule has 0 atom stereocenters. The predicted octanol–water partition coefficient (Wildman–Crippen LogP) is 3.51. The molecule has 0 saturated heterocycles. The largest absolute Gasteiger partial charge is 0.327 e. The van der Waals surface area contributed by atoms with Crippen LogP contribution < -0.4 is 5.32 Å². The number of ketones is 1. The second-order valence-electron chi connectivity index (χ2n) is 5.24. The number of fused-ring (bicyclic) bond motifs is 1. The number of hydrogen-bond acceptors (Lipinski definition) is 3. The van der Waals surface area contributed by atoms with E-state index in [0.29, 0.717) is 23.5 Å². The molecular formula is C18H17N3O2. The van der Waals surface area contributed by atoms with Crippen LogP contribution in [0.4, 0.5) is 5.82 Å². The van der Waals surface area contributed by atoms with Crippen molar-refractivity contribution in [2.24, 2.45) is 0 Å². The lowest BCUT2D eigenvalue weighted by Crippen LogP contribution is -2.17. The fourth-order valence-electron chi connectivity index (χ4n) is 2.79. The molecule has 2 aromatic heterocycles. The lowest BCUT2D eigenvalue weighted by molar-refractivity contribution is 0.102. The molecule has 0 aliphatic heterocycles. The van der Waals surface area contributed by atoms with Crippen molar-refractivity contribution in [1.82, 2.24) is 9.55 Å². The van der Waals surface area contributed by atoms with E-state index in [1.165, 1.54) is 13.1 Å². The van der Waals surface area contributed by atoms with Gasteiger partial charge in [-0.05, 0) is 32.0 Å². The third-order valence-corrected chi connectivity index (χ3v) is 3.79. The maximum atomic E-state index is 12.5. The first-order valence-electron chi connectivity index (χ1n) is 7.47. The SMILES string of the molecule is CCn1c(NC(=O)c2cccnc2)c(C(C)=O)c2ccccc21. The van der Waals surface area contributed by atoms with Crippen LogP contribution in [-0.4, -0.2) is 21.2 Å². The van der Waals surface area contributed by atoms with Gasteiger partial charge in [0.05, 0.1) is 16.6 Å². The summed E-state index contributed by atoms with van der Waals surface area (Å²) in [4.78, 5) is 28.6. The maximum absolute atomic E-state index is 12.5. The summed E-state index contributed by atoms with van der Waals surface area (Å²) in [6.07, 6.45) is 3.11. The molecule has 23 heavy (non-hydrogen) atoms. The molecule has 1 aromatic carbocycles. The monoisotopic (exact) mass is 307 g/mol. The number of anilines is 1. The first-order valence-corrected chi connectivity index (χ1v) is 7.47. The highest BCUT2D eigenvalue weighted by Gasteiger charge is 2.21. The van der Waals surface area contributed by atoms with Gasteiger partial charge < -0.3 is 9.88 Å². The summed E-state index contributed by atoms with van der Waals surface area (Å²) < 4.78 is 1.94. The highest BCUT2D eigenvalue weighted by molar-refractivity contribution is 6.15. The number of carbonyl (C=O) groups excluding carboxylic acids is 2. The molecule has 0 aliphatic rings. The molecule has 0 unspecified atom stereocenters. The molecule has 3 rings (SSSR count). The van der Waals surface area contributed by atoms with Gasteiger partial charge in [-0.25, -0.2) is 0 Å². The molecule has 0 radical (unpaired) electrons. The van der Waals surface area contributed by atoms with Gasteiger partial charge in [-0.1, -0.05) is 18.2 Å². The van der Waals surface area contributed by atoms with E-state index in [-0.39, 0.29) is 11.7 Å². The number of nitrogens with one attached hydrogen (secondary N) is 1. The number of hydrogen-bond donors (Lipinski definition) is 1. The Morgan fingerprint density at radius 1 is 1.17 bits per heavy atom. The number of aromatic nitrogens is 2. The van der Waals surface area contributed by atoms with Crippen LogP contribution in [0.5, 0.6) is 0 Å². The van der Waals surface area contributed by atoms with E-state index in [9.17, 15) is 9.59 Å². The second kappa shape index (κ2) is 6.04. The topological polar surface area (TPSA) is 64.0 Å². The van der Waals surface area contributed by atoms with Gasteiger partial charge in [-0.2, -0.15) is 0 Å². The quantitative estimate of drug-likeness (QED) is 0.750. The Kier molecular flexibility index (Phi) is 3.93. The Morgan fingerprint density at radius 3 is 2.61 bits per heavy atom. The summed E-state index contributed by atoms with van der Waals surface area (Å²) in [5.74, 6) is 0.183. The standard InChI is InChI=1S/C18H17N3O2/c1-3-21-15-9-5-4-8-14(15)16(12(2)22)17(21)20-18(23)13-7-6-10-19-11-13/h4-11H,3H2,1-2H3,(H,20,23). The van der Waals surface area contributed by atoms with Crippen molar-refractivity contribution >= 4 is 28.4 Å². The smallest absolute Gasteiger partial charge is 0.258 e. The number of carbonyl (C=O) groups is 2. The minimum atomic E-state index is -0.280. The van der Waals surface area contributed by atoms with Gasteiger partial charge in [0.1, 0.15) is 5.82 Å². The van der Waals surface area contributed by atoms with Crippen LogP contribution in [0, 0.1) is 0 Å². The lowest BCUT2D eigenvalue weighted by atomic mass is 10.1. The molecule has 1 amide bonds. The molecule has 0 spiro atoms. The third kappa shape index (κ3) is 2.61. The summed E-state index contributed by atoms with van der Waals surface area (Å²) in [5.41, 5.74) is 1.93. The molecule has 0 aliphatic carbocycles. The van der Waals surface area contributed by atoms with Crippen LogP contribution in [0.1, 0.15) is 34.6 Å². The zero-order valence-electron chi connectivity index (χ0n) is 13.0. The summed E-state index contributed by atoms with van der Waals surface area (Å²) in [6.45, 7) is 4.15. The van der Waals surface area contributed by atoms with Gasteiger partial charge in [0, 0.05) is 24.3 Å². The van der Waals surface area contributed by atoms with Gasteiger partial charge in [0.25, 0.3) is 5.91 Å². The summed E-state index contributed by atoms with van der Waals surface area (Å²) in [6, 6.07) is 11.1. The molecule has 3 aromatic rings. The van der Waals surface area contributed by atoms with E-state index in [2.05, 4.69) is 10.3 Å². The van der Waals surface area contributed by atoms with Crippen molar-refractivity contribution in [3.05, 3.63) is 59.9 Å². The van der Waals surface area contributed by atoms with E-state index in [1.54, 1.807) is 18.3 Å². The third-order valence-electron chi connectivity index (χ3n) is 3.79. The molecule has 5 nitrogen and oxygen atoms in total. The van der Waals surface area contributed by atoms with Crippen molar-refractivity contribution in [3.63, 3.8) is 0 Å². The number of para-hydroxylation sites is 1. The zero-order valence-corrected chi connectivity index (χ0v) is 13.0. The minimum absolute atomic E-state index is 0.0742. The number of rotatable bonds is 4. The van der Waals surface area contributed by atoms with Crippen molar-refractivity contribution in [2.45, 2.75) is 20.4 Å². The van der Waals surface area contributed by atoms with Gasteiger partial charge in [0.2, 0.25) is 0 Å². The molecule has 0 fully saturated rings. The van der Waals surface area contributed by atoms with Crippen LogP contribution in [-0.2, 0) is 6.54 Å². The van der Waals surface area contributed by atoms with E-state index in [4.69, 9.17) is 0 Å². The van der Waals surface area contributed by atoms with Gasteiger partial charge >= 0.3 is 0 Å². The molecular weight excluding hydrogens is 290 g/mol. The van der Waals surface area contributed by atoms with E-state index in [1.807, 2.05) is 35.8 Å². The van der Waals surface area contributed by atoms with Crippen molar-refractivity contribution in [3.8, 4) is 0 Å². The normalized spacial score (nSPS) is 10.7. The Balaban J connectivity index is 2.14. The Morgan fingerprint density at radius 2 is 1.96 bits per heavy atom. The fraction of sp³-hybridized carbons (Fsp3) is 0.167. The molecule has 1 N–H and O–H groups in total. The Labute approximate surface area is 134 Å². The summed E-state index contributed by atoms with van der Waals surface area (Å²) >= 11 is 0. The van der Waals surface area contributed by atoms with E-state index >= 15 is 0 Å². The fourth-order valence-corrected chi connectivity index (χ4v) is 2.79. The molecule has 0 saturated carbocycles.